The van der Waals surface area contributed by atoms with E-state index in [-0.39, 0.29) is 5.56 Å². The number of amides is 1. The largest absolute Gasteiger partial charge is 0.351 e. The van der Waals surface area contributed by atoms with Gasteiger partial charge in [0.25, 0.3) is 11.5 Å². The van der Waals surface area contributed by atoms with Crippen molar-refractivity contribution in [2.24, 2.45) is 0 Å². The molecule has 0 unspecified atom stereocenters. The molecule has 8 heteroatoms. The van der Waals surface area contributed by atoms with E-state index < -0.39 is 17.3 Å². The highest BCUT2D eigenvalue weighted by Crippen LogP contribution is 2.21. The van der Waals surface area contributed by atoms with Crippen molar-refractivity contribution in [2.45, 2.75) is 6.42 Å². The van der Waals surface area contributed by atoms with Gasteiger partial charge in [0.15, 0.2) is 0 Å². The summed E-state index contributed by atoms with van der Waals surface area (Å²) in [5.74, 6) is -0.929. The van der Waals surface area contributed by atoms with Crippen LogP contribution in [0.5, 0.6) is 0 Å². The monoisotopic (exact) mass is 394 g/mol. The number of halogens is 1. The number of aromatic nitrogens is 3. The third kappa shape index (κ3) is 3.81. The number of nitrogens with one attached hydrogen (secondary N) is 2. The summed E-state index contributed by atoms with van der Waals surface area (Å²) in [4.78, 5) is 35.8. The van der Waals surface area contributed by atoms with E-state index >= 15 is 0 Å². The second kappa shape index (κ2) is 7.69. The fourth-order valence-electron chi connectivity index (χ4n) is 2.77. The second-order valence-electron chi connectivity index (χ2n) is 6.11. The highest BCUT2D eigenvalue weighted by Gasteiger charge is 2.12. The second-order valence-corrected chi connectivity index (χ2v) is 6.97. The number of carbonyl (C=O) groups is 1. The van der Waals surface area contributed by atoms with Crippen LogP contribution >= 0.6 is 11.3 Å². The Morgan fingerprint density at radius 3 is 2.93 bits per heavy atom. The summed E-state index contributed by atoms with van der Waals surface area (Å²) >= 11 is 1.49. The molecule has 2 N–H and O–H groups in total. The van der Waals surface area contributed by atoms with Crippen molar-refractivity contribution in [3.05, 3.63) is 81.5 Å². The SMILES string of the molecule is O=C(NCCc1csc(-c2ccccn2)n1)c1cc2ccc(F)cc2[nH]c1=O. The molecular formula is C20H15FN4O2S. The van der Waals surface area contributed by atoms with Crippen LogP contribution < -0.4 is 10.9 Å². The van der Waals surface area contributed by atoms with Crippen LogP contribution in [0.3, 0.4) is 0 Å². The smallest absolute Gasteiger partial charge is 0.261 e. The summed E-state index contributed by atoms with van der Waals surface area (Å²) < 4.78 is 13.3. The first-order valence-corrected chi connectivity index (χ1v) is 9.45. The molecule has 0 saturated heterocycles. The Hall–Kier alpha value is -3.39. The first-order valence-electron chi connectivity index (χ1n) is 8.57. The lowest BCUT2D eigenvalue weighted by atomic mass is 10.1. The maximum atomic E-state index is 13.3. The van der Waals surface area contributed by atoms with Gasteiger partial charge in [-0.1, -0.05) is 6.07 Å². The average Bonchev–Trinajstić information content (AvgIpc) is 3.17. The minimum absolute atomic E-state index is 0.00781. The van der Waals surface area contributed by atoms with Crippen LogP contribution in [0.25, 0.3) is 21.6 Å². The van der Waals surface area contributed by atoms with Crippen LogP contribution in [-0.2, 0) is 6.42 Å². The Bertz CT molecular complexity index is 1200. The van der Waals surface area contributed by atoms with Crippen molar-refractivity contribution in [3.8, 4) is 10.7 Å². The summed E-state index contributed by atoms with van der Waals surface area (Å²) in [5.41, 5.74) is 1.44. The fourth-order valence-corrected chi connectivity index (χ4v) is 3.60. The van der Waals surface area contributed by atoms with Gasteiger partial charge in [-0.15, -0.1) is 11.3 Å². The van der Waals surface area contributed by atoms with E-state index in [4.69, 9.17) is 0 Å². The number of H-pyrrole nitrogens is 1. The Morgan fingerprint density at radius 1 is 1.21 bits per heavy atom. The fraction of sp³-hybridized carbons (Fsp3) is 0.100. The molecule has 0 radical (unpaired) electrons. The van der Waals surface area contributed by atoms with Crippen molar-refractivity contribution in [2.75, 3.05) is 6.54 Å². The van der Waals surface area contributed by atoms with Gasteiger partial charge in [0.2, 0.25) is 0 Å². The molecule has 0 bridgehead atoms. The van der Waals surface area contributed by atoms with Gasteiger partial charge >= 0.3 is 0 Å². The summed E-state index contributed by atoms with van der Waals surface area (Å²) in [7, 11) is 0. The number of aromatic amines is 1. The predicted octanol–water partition coefficient (Wildman–Crippen LogP) is 3.16. The first-order chi connectivity index (χ1) is 13.6. The van der Waals surface area contributed by atoms with E-state index in [0.29, 0.717) is 23.9 Å². The van der Waals surface area contributed by atoms with E-state index in [2.05, 4.69) is 20.3 Å². The minimum Gasteiger partial charge on any atom is -0.351 e. The molecule has 4 aromatic rings. The maximum absolute atomic E-state index is 13.3. The average molecular weight is 394 g/mol. The minimum atomic E-state index is -0.554. The molecule has 28 heavy (non-hydrogen) atoms. The van der Waals surface area contributed by atoms with Gasteiger partial charge < -0.3 is 10.3 Å². The van der Waals surface area contributed by atoms with Gasteiger partial charge in [0.1, 0.15) is 16.4 Å². The third-order valence-corrected chi connectivity index (χ3v) is 5.07. The molecule has 1 aromatic carbocycles. The van der Waals surface area contributed by atoms with E-state index in [1.54, 1.807) is 6.20 Å². The normalized spacial score (nSPS) is 10.9. The van der Waals surface area contributed by atoms with Crippen LogP contribution in [0.15, 0.2) is 58.8 Å². The molecule has 3 heterocycles. The molecule has 0 spiro atoms. The molecule has 0 aliphatic heterocycles. The number of fused-ring (bicyclic) bond motifs is 1. The van der Waals surface area contributed by atoms with Gasteiger partial charge in [-0.25, -0.2) is 9.37 Å². The van der Waals surface area contributed by atoms with Crippen molar-refractivity contribution >= 4 is 28.1 Å². The summed E-state index contributed by atoms with van der Waals surface area (Å²) in [6, 6.07) is 11.1. The van der Waals surface area contributed by atoms with Gasteiger partial charge in [-0.3, -0.25) is 14.6 Å². The molecule has 140 valence electrons. The Morgan fingerprint density at radius 2 is 2.11 bits per heavy atom. The topological polar surface area (TPSA) is 87.7 Å². The zero-order valence-corrected chi connectivity index (χ0v) is 15.4. The Kier molecular flexibility index (Phi) is 4.94. The van der Waals surface area contributed by atoms with Crippen molar-refractivity contribution in [1.29, 1.82) is 0 Å². The lowest BCUT2D eigenvalue weighted by Crippen LogP contribution is -2.31. The van der Waals surface area contributed by atoms with E-state index in [1.165, 1.54) is 35.6 Å². The third-order valence-electron chi connectivity index (χ3n) is 4.16. The molecule has 0 saturated carbocycles. The zero-order valence-electron chi connectivity index (χ0n) is 14.6. The molecule has 1 amide bonds. The van der Waals surface area contributed by atoms with Gasteiger partial charge in [0, 0.05) is 24.5 Å². The number of hydrogen-bond acceptors (Lipinski definition) is 5. The highest BCUT2D eigenvalue weighted by atomic mass is 32.1. The van der Waals surface area contributed by atoms with Crippen LogP contribution in [0.4, 0.5) is 4.39 Å². The summed E-state index contributed by atoms with van der Waals surface area (Å²) in [6.45, 7) is 0.338. The van der Waals surface area contributed by atoms with Crippen molar-refractivity contribution in [3.63, 3.8) is 0 Å². The molecule has 3 aromatic heterocycles. The predicted molar refractivity (Wildman–Crippen MR) is 106 cm³/mol. The number of nitrogens with zero attached hydrogens (tertiary/aromatic N) is 2. The van der Waals surface area contributed by atoms with Crippen LogP contribution in [0.2, 0.25) is 0 Å². The Balaban J connectivity index is 1.42. The highest BCUT2D eigenvalue weighted by molar-refractivity contribution is 7.13. The molecule has 4 rings (SSSR count). The molecule has 6 nitrogen and oxygen atoms in total. The van der Waals surface area contributed by atoms with E-state index in [1.807, 2.05) is 23.6 Å². The van der Waals surface area contributed by atoms with Gasteiger partial charge in [-0.05, 0) is 41.8 Å². The molecule has 0 aliphatic rings. The lowest BCUT2D eigenvalue weighted by Gasteiger charge is -2.05. The maximum Gasteiger partial charge on any atom is 0.261 e. The Labute approximate surface area is 163 Å². The number of hydrogen-bond donors (Lipinski definition) is 2. The molecule has 0 fully saturated rings. The van der Waals surface area contributed by atoms with Crippen LogP contribution in [-0.4, -0.2) is 27.4 Å². The number of benzene rings is 1. The molecule has 0 atom stereocenters. The quantitative estimate of drug-likeness (QED) is 0.544. The van der Waals surface area contributed by atoms with E-state index in [0.717, 1.165) is 16.4 Å². The van der Waals surface area contributed by atoms with Gasteiger partial charge in [0.05, 0.1) is 16.9 Å². The number of thiazole rings is 1. The summed E-state index contributed by atoms with van der Waals surface area (Å²) in [5, 5.41) is 6.06. The lowest BCUT2D eigenvalue weighted by molar-refractivity contribution is 0.0952. The van der Waals surface area contributed by atoms with Crippen molar-refractivity contribution in [1.82, 2.24) is 20.3 Å². The first kappa shape index (κ1) is 18.0. The number of rotatable bonds is 5. The number of pyridine rings is 2. The summed E-state index contributed by atoms with van der Waals surface area (Å²) in [6.07, 6.45) is 2.25. The zero-order chi connectivity index (χ0) is 19.5. The molecular weight excluding hydrogens is 379 g/mol. The van der Waals surface area contributed by atoms with Gasteiger partial charge in [-0.2, -0.15) is 0 Å². The van der Waals surface area contributed by atoms with Crippen molar-refractivity contribution < 1.29 is 9.18 Å². The van der Waals surface area contributed by atoms with E-state index in [9.17, 15) is 14.0 Å². The van der Waals surface area contributed by atoms with Crippen LogP contribution in [0, 0.1) is 5.82 Å². The van der Waals surface area contributed by atoms with Crippen LogP contribution in [0.1, 0.15) is 16.1 Å². The standard InChI is InChI=1S/C20H15FN4O2S/c21-13-5-4-12-9-15(19(27)25-17(12)10-13)18(26)23-8-6-14-11-28-20(24-14)16-3-1-2-7-22-16/h1-5,7,9-11H,6,8H2,(H,23,26)(H,25,27). The molecule has 0 aliphatic carbocycles. The number of carbonyl (C=O) groups excluding carboxylic acids is 1.